The second-order valence-electron chi connectivity index (χ2n) is 6.09. The van der Waals surface area contributed by atoms with Gasteiger partial charge in [0.2, 0.25) is 0 Å². The topological polar surface area (TPSA) is 29.3 Å². The summed E-state index contributed by atoms with van der Waals surface area (Å²) in [6, 6.07) is 2.40. The van der Waals surface area contributed by atoms with Crippen molar-refractivity contribution in [1.82, 2.24) is 4.90 Å². The lowest BCUT2D eigenvalue weighted by Gasteiger charge is -2.29. The van der Waals surface area contributed by atoms with Crippen LogP contribution in [-0.2, 0) is 6.54 Å². The van der Waals surface area contributed by atoms with Crippen LogP contribution >= 0.6 is 12.4 Å². The Morgan fingerprint density at radius 1 is 1.10 bits per heavy atom. The second kappa shape index (κ2) is 6.55. The Hall–Kier alpha value is -0.780. The summed E-state index contributed by atoms with van der Waals surface area (Å²) in [7, 11) is 0. The standard InChI is InChI=1S/C15H19F3N2.ClH/c16-12-4-9(5-13(17)15(12)18)6-20-7-10-2-1-3-14(19)11(10)8-20;/h4-5,10-11,14H,1-3,6-8,19H2;1H. The molecule has 1 saturated heterocycles. The zero-order valence-corrected chi connectivity index (χ0v) is 12.5. The van der Waals surface area contributed by atoms with E-state index in [1.165, 1.54) is 6.42 Å². The fourth-order valence-corrected chi connectivity index (χ4v) is 3.70. The largest absolute Gasteiger partial charge is 0.327 e. The van der Waals surface area contributed by atoms with Crippen molar-refractivity contribution in [3.8, 4) is 0 Å². The summed E-state index contributed by atoms with van der Waals surface area (Å²) in [4.78, 5) is 2.17. The van der Waals surface area contributed by atoms with Gasteiger partial charge in [0.1, 0.15) is 0 Å². The molecule has 1 heterocycles. The molecule has 2 nitrogen and oxygen atoms in total. The van der Waals surface area contributed by atoms with Crippen LogP contribution in [0.3, 0.4) is 0 Å². The van der Waals surface area contributed by atoms with Crippen molar-refractivity contribution in [3.05, 3.63) is 35.1 Å². The van der Waals surface area contributed by atoms with Crippen LogP contribution in [0.1, 0.15) is 24.8 Å². The SMILES string of the molecule is Cl.NC1CCCC2CN(Cc3cc(F)c(F)c(F)c3)CC12. The highest BCUT2D eigenvalue weighted by Crippen LogP contribution is 2.36. The smallest absolute Gasteiger partial charge is 0.194 e. The first-order chi connectivity index (χ1) is 9.54. The quantitative estimate of drug-likeness (QED) is 0.849. The maximum absolute atomic E-state index is 13.2. The van der Waals surface area contributed by atoms with Crippen molar-refractivity contribution in [2.75, 3.05) is 13.1 Å². The van der Waals surface area contributed by atoms with E-state index in [1.54, 1.807) is 0 Å². The summed E-state index contributed by atoms with van der Waals surface area (Å²) in [5.41, 5.74) is 6.63. The van der Waals surface area contributed by atoms with E-state index < -0.39 is 17.5 Å². The lowest BCUT2D eigenvalue weighted by atomic mass is 9.78. The monoisotopic (exact) mass is 320 g/mol. The number of fused-ring (bicyclic) bond motifs is 1. The molecule has 1 aromatic rings. The highest BCUT2D eigenvalue weighted by molar-refractivity contribution is 5.85. The van der Waals surface area contributed by atoms with Crippen molar-refractivity contribution >= 4 is 12.4 Å². The molecule has 0 bridgehead atoms. The summed E-state index contributed by atoms with van der Waals surface area (Å²) in [5.74, 6) is -2.56. The molecule has 0 radical (unpaired) electrons. The van der Waals surface area contributed by atoms with Crippen molar-refractivity contribution in [3.63, 3.8) is 0 Å². The van der Waals surface area contributed by atoms with Crippen LogP contribution in [0.25, 0.3) is 0 Å². The molecule has 3 atom stereocenters. The molecule has 1 aliphatic heterocycles. The number of nitrogens with two attached hydrogens (primary N) is 1. The van der Waals surface area contributed by atoms with E-state index in [9.17, 15) is 13.2 Å². The number of likely N-dealkylation sites (tertiary alicyclic amines) is 1. The number of benzene rings is 1. The molecular formula is C15H20ClF3N2. The molecule has 21 heavy (non-hydrogen) atoms. The van der Waals surface area contributed by atoms with Gasteiger partial charge in [-0.15, -0.1) is 12.4 Å². The summed E-state index contributed by atoms with van der Waals surface area (Å²) in [6.07, 6.45) is 3.41. The Kier molecular flexibility index (Phi) is 5.17. The molecule has 2 aliphatic rings. The third-order valence-electron chi connectivity index (χ3n) is 4.68. The van der Waals surface area contributed by atoms with E-state index in [0.717, 1.165) is 38.1 Å². The minimum absolute atomic E-state index is 0. The first-order valence-corrected chi connectivity index (χ1v) is 7.16. The van der Waals surface area contributed by atoms with Gasteiger partial charge in [-0.05, 0) is 42.4 Å². The van der Waals surface area contributed by atoms with Gasteiger partial charge in [0.25, 0.3) is 0 Å². The Balaban J connectivity index is 0.00000161. The fourth-order valence-electron chi connectivity index (χ4n) is 3.70. The first kappa shape index (κ1) is 16.6. The van der Waals surface area contributed by atoms with Gasteiger partial charge in [0, 0.05) is 25.7 Å². The van der Waals surface area contributed by atoms with Crippen LogP contribution in [0.5, 0.6) is 0 Å². The Morgan fingerprint density at radius 2 is 1.76 bits per heavy atom. The fraction of sp³-hybridized carbons (Fsp3) is 0.600. The van der Waals surface area contributed by atoms with Gasteiger partial charge in [-0.25, -0.2) is 13.2 Å². The van der Waals surface area contributed by atoms with Gasteiger partial charge < -0.3 is 5.73 Å². The molecule has 3 rings (SSSR count). The van der Waals surface area contributed by atoms with Crippen LogP contribution in [-0.4, -0.2) is 24.0 Å². The van der Waals surface area contributed by atoms with E-state index in [0.29, 0.717) is 23.9 Å². The third kappa shape index (κ3) is 3.35. The predicted octanol–water partition coefficient (Wildman–Crippen LogP) is 3.08. The Bertz CT molecular complexity index is 489. The average Bonchev–Trinajstić information content (AvgIpc) is 2.80. The van der Waals surface area contributed by atoms with Crippen LogP contribution in [0.4, 0.5) is 13.2 Å². The highest BCUT2D eigenvalue weighted by atomic mass is 35.5. The molecule has 2 fully saturated rings. The summed E-state index contributed by atoms with van der Waals surface area (Å²) in [6.45, 7) is 2.24. The highest BCUT2D eigenvalue weighted by Gasteiger charge is 2.38. The Morgan fingerprint density at radius 3 is 2.38 bits per heavy atom. The van der Waals surface area contributed by atoms with Crippen LogP contribution in [0, 0.1) is 29.3 Å². The van der Waals surface area contributed by atoms with Gasteiger partial charge >= 0.3 is 0 Å². The number of rotatable bonds is 2. The second-order valence-corrected chi connectivity index (χ2v) is 6.09. The summed E-state index contributed by atoms with van der Waals surface area (Å²) < 4.78 is 39.4. The zero-order chi connectivity index (χ0) is 14.3. The van der Waals surface area contributed by atoms with Gasteiger partial charge in [0.05, 0.1) is 0 Å². The molecule has 2 N–H and O–H groups in total. The van der Waals surface area contributed by atoms with Crippen molar-refractivity contribution in [2.45, 2.75) is 31.8 Å². The number of nitrogens with zero attached hydrogens (tertiary/aromatic N) is 1. The number of hydrogen-bond acceptors (Lipinski definition) is 2. The van der Waals surface area contributed by atoms with E-state index in [-0.39, 0.29) is 18.4 Å². The molecule has 1 aromatic carbocycles. The van der Waals surface area contributed by atoms with E-state index in [1.807, 2.05) is 0 Å². The third-order valence-corrected chi connectivity index (χ3v) is 4.68. The van der Waals surface area contributed by atoms with Gasteiger partial charge in [-0.2, -0.15) is 0 Å². The minimum Gasteiger partial charge on any atom is -0.327 e. The van der Waals surface area contributed by atoms with Crippen LogP contribution in [0.15, 0.2) is 12.1 Å². The molecule has 0 amide bonds. The number of halogens is 4. The summed E-state index contributed by atoms with van der Waals surface area (Å²) in [5, 5.41) is 0. The van der Waals surface area contributed by atoms with Crippen LogP contribution in [0.2, 0.25) is 0 Å². The van der Waals surface area contributed by atoms with Crippen LogP contribution < -0.4 is 5.73 Å². The molecule has 3 unspecified atom stereocenters. The first-order valence-electron chi connectivity index (χ1n) is 7.16. The molecule has 118 valence electrons. The molecular weight excluding hydrogens is 301 g/mol. The Labute approximate surface area is 128 Å². The van der Waals surface area contributed by atoms with Crippen molar-refractivity contribution < 1.29 is 13.2 Å². The van der Waals surface area contributed by atoms with Crippen molar-refractivity contribution in [1.29, 1.82) is 0 Å². The van der Waals surface area contributed by atoms with E-state index in [2.05, 4.69) is 4.90 Å². The average molecular weight is 321 g/mol. The maximum Gasteiger partial charge on any atom is 0.194 e. The molecule has 0 spiro atoms. The van der Waals surface area contributed by atoms with E-state index >= 15 is 0 Å². The minimum atomic E-state index is -1.40. The molecule has 1 saturated carbocycles. The molecule has 0 aromatic heterocycles. The van der Waals surface area contributed by atoms with Gasteiger partial charge in [-0.1, -0.05) is 6.42 Å². The van der Waals surface area contributed by atoms with E-state index in [4.69, 9.17) is 5.73 Å². The van der Waals surface area contributed by atoms with Crippen molar-refractivity contribution in [2.24, 2.45) is 17.6 Å². The lowest BCUT2D eigenvalue weighted by Crippen LogP contribution is -2.38. The zero-order valence-electron chi connectivity index (χ0n) is 11.7. The summed E-state index contributed by atoms with van der Waals surface area (Å²) >= 11 is 0. The van der Waals surface area contributed by atoms with Gasteiger partial charge in [0.15, 0.2) is 17.5 Å². The maximum atomic E-state index is 13.2. The molecule has 6 heteroatoms. The lowest BCUT2D eigenvalue weighted by molar-refractivity contribution is 0.259. The normalized spacial score (nSPS) is 29.0. The number of hydrogen-bond donors (Lipinski definition) is 1. The van der Waals surface area contributed by atoms with Gasteiger partial charge in [-0.3, -0.25) is 4.90 Å². The predicted molar refractivity (Wildman–Crippen MR) is 77.6 cm³/mol. The molecule has 1 aliphatic carbocycles.